The number of fused-ring (bicyclic) bond motifs is 1. The molecule has 1 aromatic rings. The van der Waals surface area contributed by atoms with Crippen LogP contribution in [0.5, 0.6) is 5.75 Å². The second-order valence-corrected chi connectivity index (χ2v) is 3.56. The molecule has 0 bridgehead atoms. The van der Waals surface area contributed by atoms with E-state index in [9.17, 15) is 13.6 Å². The van der Waals surface area contributed by atoms with Crippen LogP contribution in [-0.4, -0.2) is 18.8 Å². The Morgan fingerprint density at radius 3 is 2.80 bits per heavy atom. The van der Waals surface area contributed by atoms with Gasteiger partial charge in [0.1, 0.15) is 5.75 Å². The Kier molecular flexibility index (Phi) is 2.21. The Hall–Kier alpha value is -1.45. The zero-order valence-corrected chi connectivity index (χ0v) is 8.22. The molecule has 0 saturated carbocycles. The largest absolute Gasteiger partial charge is 0.497 e. The van der Waals surface area contributed by atoms with Crippen LogP contribution in [0.4, 0.5) is 8.78 Å². The highest BCUT2D eigenvalue weighted by molar-refractivity contribution is 6.03. The fourth-order valence-corrected chi connectivity index (χ4v) is 1.71. The molecule has 0 saturated heterocycles. The van der Waals surface area contributed by atoms with Gasteiger partial charge in [0, 0.05) is 12.0 Å². The van der Waals surface area contributed by atoms with Crippen LogP contribution in [0.25, 0.3) is 0 Å². The summed E-state index contributed by atoms with van der Waals surface area (Å²) in [7, 11) is 1.44. The van der Waals surface area contributed by atoms with Crippen LogP contribution in [-0.2, 0) is 6.42 Å². The van der Waals surface area contributed by atoms with Crippen LogP contribution in [0.1, 0.15) is 22.3 Å². The minimum atomic E-state index is -3.22. The molecule has 0 amide bonds. The molecule has 0 aliphatic heterocycles. The first-order valence-corrected chi connectivity index (χ1v) is 4.64. The van der Waals surface area contributed by atoms with Gasteiger partial charge in [0.25, 0.3) is 0 Å². The number of rotatable bonds is 1. The number of aryl methyl sites for hydroxylation is 1. The molecule has 0 unspecified atom stereocenters. The first-order chi connectivity index (χ1) is 7.04. The zero-order chi connectivity index (χ0) is 11.1. The molecule has 0 spiro atoms. The van der Waals surface area contributed by atoms with E-state index < -0.39 is 18.1 Å². The maximum atomic E-state index is 13.1. The quantitative estimate of drug-likeness (QED) is 0.714. The van der Waals surface area contributed by atoms with Crippen LogP contribution >= 0.6 is 0 Å². The third kappa shape index (κ3) is 1.60. The van der Waals surface area contributed by atoms with Gasteiger partial charge in [0.2, 0.25) is 5.78 Å². The molecular weight excluding hydrogens is 202 g/mol. The predicted octanol–water partition coefficient (Wildman–Crippen LogP) is 2.46. The maximum absolute atomic E-state index is 13.1. The minimum Gasteiger partial charge on any atom is -0.497 e. The molecule has 0 atom stereocenters. The average molecular weight is 212 g/mol. The summed E-state index contributed by atoms with van der Waals surface area (Å²) >= 11 is 0. The normalized spacial score (nSPS) is 18.5. The summed E-state index contributed by atoms with van der Waals surface area (Å²) in [4.78, 5) is 11.4. The molecule has 15 heavy (non-hydrogen) atoms. The summed E-state index contributed by atoms with van der Waals surface area (Å²) in [6.45, 7) is 0. The Bertz CT molecular complexity index is 413. The van der Waals surface area contributed by atoms with Crippen molar-refractivity contribution in [3.05, 3.63) is 29.3 Å². The number of ketones is 1. The van der Waals surface area contributed by atoms with E-state index in [4.69, 9.17) is 4.74 Å². The lowest BCUT2D eigenvalue weighted by atomic mass is 9.88. The van der Waals surface area contributed by atoms with E-state index in [0.29, 0.717) is 11.3 Å². The molecule has 0 N–H and O–H groups in total. The molecule has 1 aliphatic carbocycles. The lowest BCUT2D eigenvalue weighted by Crippen LogP contribution is -2.34. The second-order valence-electron chi connectivity index (χ2n) is 3.56. The molecule has 1 aliphatic rings. The lowest BCUT2D eigenvalue weighted by molar-refractivity contribution is 0.00200. The lowest BCUT2D eigenvalue weighted by Gasteiger charge is -2.22. The maximum Gasteiger partial charge on any atom is 0.310 e. The monoisotopic (exact) mass is 212 g/mol. The van der Waals surface area contributed by atoms with Crippen molar-refractivity contribution in [1.82, 2.24) is 0 Å². The molecule has 0 heterocycles. The molecular formula is C11H10F2O2. The first-order valence-electron chi connectivity index (χ1n) is 4.64. The van der Waals surface area contributed by atoms with E-state index in [-0.39, 0.29) is 12.0 Å². The molecule has 0 radical (unpaired) electrons. The van der Waals surface area contributed by atoms with E-state index >= 15 is 0 Å². The number of hydrogen-bond acceptors (Lipinski definition) is 2. The summed E-state index contributed by atoms with van der Waals surface area (Å²) in [5, 5.41) is 0. The van der Waals surface area contributed by atoms with Gasteiger partial charge in [0.05, 0.1) is 7.11 Å². The Morgan fingerprint density at radius 2 is 2.13 bits per heavy atom. The summed E-state index contributed by atoms with van der Waals surface area (Å²) in [6.07, 6.45) is -0.163. The van der Waals surface area contributed by atoms with Gasteiger partial charge in [-0.2, -0.15) is 8.78 Å². The topological polar surface area (TPSA) is 26.3 Å². The van der Waals surface area contributed by atoms with Crippen molar-refractivity contribution in [3.63, 3.8) is 0 Å². The molecule has 4 heteroatoms. The number of Topliss-reactive ketones (excluding diaryl/α,β-unsaturated/α-hetero) is 1. The van der Waals surface area contributed by atoms with E-state index in [1.54, 1.807) is 12.1 Å². The van der Waals surface area contributed by atoms with Gasteiger partial charge in [-0.3, -0.25) is 4.79 Å². The van der Waals surface area contributed by atoms with E-state index in [1.807, 2.05) is 0 Å². The van der Waals surface area contributed by atoms with Gasteiger partial charge in [0.15, 0.2) is 0 Å². The number of benzene rings is 1. The van der Waals surface area contributed by atoms with Crippen LogP contribution in [0.15, 0.2) is 18.2 Å². The highest BCUT2D eigenvalue weighted by Crippen LogP contribution is 2.34. The van der Waals surface area contributed by atoms with Crippen molar-refractivity contribution in [3.8, 4) is 5.75 Å². The number of hydrogen-bond donors (Lipinski definition) is 0. The van der Waals surface area contributed by atoms with Gasteiger partial charge < -0.3 is 4.74 Å². The fourth-order valence-electron chi connectivity index (χ4n) is 1.71. The number of ether oxygens (including phenoxy) is 1. The third-order valence-corrected chi connectivity index (χ3v) is 2.60. The highest BCUT2D eigenvalue weighted by Gasteiger charge is 2.43. The predicted molar refractivity (Wildman–Crippen MR) is 50.6 cm³/mol. The van der Waals surface area contributed by atoms with Crippen molar-refractivity contribution >= 4 is 5.78 Å². The number of methoxy groups -OCH3 is 1. The minimum absolute atomic E-state index is 0.0885. The van der Waals surface area contributed by atoms with Crippen LogP contribution in [0, 0.1) is 0 Å². The Morgan fingerprint density at radius 1 is 1.40 bits per heavy atom. The standard InChI is InChI=1S/C11H10F2O2/c1-15-8-3-2-7-4-5-11(12,13)10(14)9(7)6-8/h2-3,6H,4-5H2,1H3. The smallest absolute Gasteiger partial charge is 0.310 e. The highest BCUT2D eigenvalue weighted by atomic mass is 19.3. The summed E-state index contributed by atoms with van der Waals surface area (Å²) in [5.74, 6) is -3.89. The van der Waals surface area contributed by atoms with Crippen molar-refractivity contribution in [2.45, 2.75) is 18.8 Å². The third-order valence-electron chi connectivity index (χ3n) is 2.60. The van der Waals surface area contributed by atoms with Crippen molar-refractivity contribution in [2.75, 3.05) is 7.11 Å². The Labute approximate surface area is 85.9 Å². The number of alkyl halides is 2. The van der Waals surface area contributed by atoms with Crippen LogP contribution in [0.3, 0.4) is 0 Å². The van der Waals surface area contributed by atoms with Crippen LogP contribution in [0.2, 0.25) is 0 Å². The molecule has 2 rings (SSSR count). The SMILES string of the molecule is COc1ccc2c(c1)C(=O)C(F)(F)CC2. The number of halogens is 2. The Balaban J connectivity index is 2.49. The van der Waals surface area contributed by atoms with Gasteiger partial charge in [-0.05, 0) is 24.1 Å². The van der Waals surface area contributed by atoms with E-state index in [0.717, 1.165) is 0 Å². The van der Waals surface area contributed by atoms with Gasteiger partial charge in [-0.25, -0.2) is 0 Å². The summed E-state index contributed by atoms with van der Waals surface area (Å²) in [5.41, 5.74) is 0.761. The van der Waals surface area contributed by atoms with E-state index in [1.165, 1.54) is 13.2 Å². The number of carbonyl (C=O) groups is 1. The molecule has 0 aromatic heterocycles. The first kappa shape index (κ1) is 10.1. The average Bonchev–Trinajstić information content (AvgIpc) is 2.24. The second kappa shape index (κ2) is 3.29. The summed E-state index contributed by atoms with van der Waals surface area (Å²) < 4.78 is 31.1. The number of carbonyl (C=O) groups excluding carboxylic acids is 1. The molecule has 80 valence electrons. The van der Waals surface area contributed by atoms with Gasteiger partial charge in [-0.15, -0.1) is 0 Å². The van der Waals surface area contributed by atoms with Crippen LogP contribution < -0.4 is 4.74 Å². The van der Waals surface area contributed by atoms with Crippen molar-refractivity contribution < 1.29 is 18.3 Å². The molecule has 0 fully saturated rings. The molecule has 2 nitrogen and oxygen atoms in total. The van der Waals surface area contributed by atoms with Crippen molar-refractivity contribution in [1.29, 1.82) is 0 Å². The summed E-state index contributed by atoms with van der Waals surface area (Å²) in [6, 6.07) is 4.72. The molecule has 1 aromatic carbocycles. The van der Waals surface area contributed by atoms with Gasteiger partial charge >= 0.3 is 5.92 Å². The zero-order valence-electron chi connectivity index (χ0n) is 8.22. The van der Waals surface area contributed by atoms with Gasteiger partial charge in [-0.1, -0.05) is 6.07 Å². The fraction of sp³-hybridized carbons (Fsp3) is 0.364. The van der Waals surface area contributed by atoms with E-state index in [2.05, 4.69) is 0 Å². The van der Waals surface area contributed by atoms with Crippen molar-refractivity contribution in [2.24, 2.45) is 0 Å².